The lowest BCUT2D eigenvalue weighted by Crippen LogP contribution is -2.24. The third kappa shape index (κ3) is 2.99. The van der Waals surface area contributed by atoms with Crippen LogP contribution in [0.3, 0.4) is 0 Å². The number of aliphatic hydroxyl groups is 1. The van der Waals surface area contributed by atoms with Gasteiger partial charge in [-0.3, -0.25) is 0 Å². The quantitative estimate of drug-likeness (QED) is 0.947. The van der Waals surface area contributed by atoms with Crippen molar-refractivity contribution in [1.82, 2.24) is 14.8 Å². The van der Waals surface area contributed by atoms with Gasteiger partial charge in [-0.05, 0) is 18.1 Å². The molecule has 0 saturated carbocycles. The average molecular weight is 311 g/mol. The molecule has 2 heterocycles. The van der Waals surface area contributed by atoms with Crippen molar-refractivity contribution in [2.75, 3.05) is 6.61 Å². The van der Waals surface area contributed by atoms with E-state index in [2.05, 4.69) is 10.2 Å². The summed E-state index contributed by atoms with van der Waals surface area (Å²) >= 11 is 0. The van der Waals surface area contributed by atoms with Gasteiger partial charge in [0.15, 0.2) is 0 Å². The molecule has 0 bridgehead atoms. The van der Waals surface area contributed by atoms with Crippen LogP contribution in [0.5, 0.6) is 0 Å². The van der Waals surface area contributed by atoms with E-state index < -0.39 is 11.7 Å². The van der Waals surface area contributed by atoms with Crippen LogP contribution >= 0.6 is 0 Å². The first kappa shape index (κ1) is 15.0. The largest absolute Gasteiger partial charge is 0.416 e. The van der Waals surface area contributed by atoms with E-state index in [0.717, 1.165) is 30.8 Å². The number of alkyl halides is 3. The highest BCUT2D eigenvalue weighted by atomic mass is 19.4. The Kier molecular flexibility index (Phi) is 3.90. The zero-order valence-corrected chi connectivity index (χ0v) is 11.8. The van der Waals surface area contributed by atoms with E-state index in [4.69, 9.17) is 0 Å². The molecule has 1 atom stereocenters. The molecular weight excluding hydrogens is 295 g/mol. The van der Waals surface area contributed by atoms with E-state index >= 15 is 0 Å². The Hall–Kier alpha value is -1.89. The number of rotatable bonds is 3. The highest BCUT2D eigenvalue weighted by Gasteiger charge is 2.30. The number of halogens is 3. The Balaban J connectivity index is 1.84. The van der Waals surface area contributed by atoms with Gasteiger partial charge in [-0.25, -0.2) is 0 Å². The number of aromatic nitrogens is 3. The summed E-state index contributed by atoms with van der Waals surface area (Å²) in [5.41, 5.74) is -0.104. The van der Waals surface area contributed by atoms with Gasteiger partial charge in [0.25, 0.3) is 0 Å². The van der Waals surface area contributed by atoms with Gasteiger partial charge in [0.05, 0.1) is 5.56 Å². The molecule has 4 nitrogen and oxygen atoms in total. The molecule has 1 aromatic carbocycles. The molecule has 0 saturated heterocycles. The minimum absolute atomic E-state index is 0.0978. The maximum Gasteiger partial charge on any atom is 0.416 e. The minimum Gasteiger partial charge on any atom is -0.396 e. The molecular formula is C15H16F3N3O. The lowest BCUT2D eigenvalue weighted by molar-refractivity contribution is -0.137. The Morgan fingerprint density at radius 1 is 1.27 bits per heavy atom. The standard InChI is InChI=1S/C15H16F3N3O/c16-15(17,18)12-3-1-2-10(6-12)7-14-20-19-13-5-4-11(9-22)8-21(13)14/h1-3,6,11,22H,4-5,7-9H2. The summed E-state index contributed by atoms with van der Waals surface area (Å²) in [7, 11) is 0. The molecule has 1 N–H and O–H groups in total. The molecule has 2 aromatic rings. The highest BCUT2D eigenvalue weighted by molar-refractivity contribution is 5.28. The first-order chi connectivity index (χ1) is 10.5. The summed E-state index contributed by atoms with van der Waals surface area (Å²) < 4.78 is 40.2. The Morgan fingerprint density at radius 2 is 2.09 bits per heavy atom. The Bertz CT molecular complexity index is 666. The Morgan fingerprint density at radius 3 is 2.82 bits per heavy atom. The summed E-state index contributed by atoms with van der Waals surface area (Å²) in [5.74, 6) is 1.64. The first-order valence-corrected chi connectivity index (χ1v) is 7.15. The third-order valence-electron chi connectivity index (χ3n) is 4.00. The fourth-order valence-electron chi connectivity index (χ4n) is 2.77. The van der Waals surface area contributed by atoms with E-state index in [1.165, 1.54) is 6.07 Å². The summed E-state index contributed by atoms with van der Waals surface area (Å²) in [6.45, 7) is 0.716. The number of hydrogen-bond donors (Lipinski definition) is 1. The van der Waals surface area contributed by atoms with Crippen LogP contribution in [-0.2, 0) is 25.6 Å². The van der Waals surface area contributed by atoms with Gasteiger partial charge in [-0.2, -0.15) is 13.2 Å². The molecule has 7 heteroatoms. The van der Waals surface area contributed by atoms with Gasteiger partial charge in [0.1, 0.15) is 11.6 Å². The normalized spacial score (nSPS) is 18.3. The summed E-state index contributed by atoms with van der Waals surface area (Å²) in [6, 6.07) is 5.27. The van der Waals surface area contributed by atoms with Crippen molar-refractivity contribution in [3.63, 3.8) is 0 Å². The smallest absolute Gasteiger partial charge is 0.396 e. The predicted octanol–water partition coefficient (Wildman–Crippen LogP) is 2.44. The van der Waals surface area contributed by atoms with Crippen LogP contribution < -0.4 is 0 Å². The predicted molar refractivity (Wildman–Crippen MR) is 73.2 cm³/mol. The van der Waals surface area contributed by atoms with Crippen LogP contribution in [0.1, 0.15) is 29.2 Å². The van der Waals surface area contributed by atoms with Gasteiger partial charge < -0.3 is 9.67 Å². The second-order valence-electron chi connectivity index (χ2n) is 5.61. The minimum atomic E-state index is -4.34. The topological polar surface area (TPSA) is 50.9 Å². The molecule has 0 fully saturated rings. The van der Waals surface area contributed by atoms with Crippen LogP contribution in [0, 0.1) is 5.92 Å². The summed E-state index contributed by atoms with van der Waals surface area (Å²) in [4.78, 5) is 0. The molecule has 0 radical (unpaired) electrons. The van der Waals surface area contributed by atoms with Crippen molar-refractivity contribution in [1.29, 1.82) is 0 Å². The number of fused-ring (bicyclic) bond motifs is 1. The fourth-order valence-corrected chi connectivity index (χ4v) is 2.77. The van der Waals surface area contributed by atoms with Gasteiger partial charge >= 0.3 is 6.18 Å². The van der Waals surface area contributed by atoms with Crippen LogP contribution in [0.4, 0.5) is 13.2 Å². The molecule has 22 heavy (non-hydrogen) atoms. The van der Waals surface area contributed by atoms with Crippen molar-refractivity contribution in [2.24, 2.45) is 5.92 Å². The van der Waals surface area contributed by atoms with Gasteiger partial charge in [0, 0.05) is 31.9 Å². The van der Waals surface area contributed by atoms with Crippen LogP contribution in [0.25, 0.3) is 0 Å². The molecule has 0 amide bonds. The summed E-state index contributed by atoms with van der Waals surface area (Å²) in [6.07, 6.45) is -2.45. The van der Waals surface area contributed by atoms with Gasteiger partial charge in [0.2, 0.25) is 0 Å². The van der Waals surface area contributed by atoms with Crippen molar-refractivity contribution in [3.05, 3.63) is 47.0 Å². The van der Waals surface area contributed by atoms with Crippen LogP contribution in [-0.4, -0.2) is 26.5 Å². The number of aliphatic hydroxyl groups excluding tert-OH is 1. The van der Waals surface area contributed by atoms with E-state index in [0.29, 0.717) is 24.4 Å². The first-order valence-electron chi connectivity index (χ1n) is 7.15. The zero-order valence-electron chi connectivity index (χ0n) is 11.8. The monoisotopic (exact) mass is 311 g/mol. The molecule has 0 spiro atoms. The zero-order chi connectivity index (χ0) is 15.7. The lowest BCUT2D eigenvalue weighted by atomic mass is 10.00. The molecule has 1 aliphatic heterocycles. The molecule has 1 aliphatic rings. The van der Waals surface area contributed by atoms with E-state index in [1.807, 2.05) is 4.57 Å². The highest BCUT2D eigenvalue weighted by Crippen LogP contribution is 2.30. The number of hydrogen-bond acceptors (Lipinski definition) is 3. The van der Waals surface area contributed by atoms with Crippen molar-refractivity contribution >= 4 is 0 Å². The number of benzene rings is 1. The molecule has 0 aliphatic carbocycles. The molecule has 3 rings (SSSR count). The SMILES string of the molecule is OCC1CCc2nnc(Cc3cccc(C(F)(F)F)c3)n2C1. The van der Waals surface area contributed by atoms with Crippen molar-refractivity contribution in [3.8, 4) is 0 Å². The van der Waals surface area contributed by atoms with E-state index in [9.17, 15) is 18.3 Å². The molecule has 1 unspecified atom stereocenters. The van der Waals surface area contributed by atoms with Crippen LogP contribution in [0.15, 0.2) is 24.3 Å². The lowest BCUT2D eigenvalue weighted by Gasteiger charge is -2.22. The Labute approximate surface area is 125 Å². The van der Waals surface area contributed by atoms with Crippen LogP contribution in [0.2, 0.25) is 0 Å². The molecule has 118 valence electrons. The second kappa shape index (κ2) is 5.72. The fraction of sp³-hybridized carbons (Fsp3) is 0.467. The maximum absolute atomic E-state index is 12.8. The number of aryl methyl sites for hydroxylation is 1. The maximum atomic E-state index is 12.8. The third-order valence-corrected chi connectivity index (χ3v) is 4.00. The second-order valence-corrected chi connectivity index (χ2v) is 5.61. The van der Waals surface area contributed by atoms with Gasteiger partial charge in [-0.1, -0.05) is 18.2 Å². The van der Waals surface area contributed by atoms with E-state index in [1.54, 1.807) is 6.07 Å². The van der Waals surface area contributed by atoms with E-state index in [-0.39, 0.29) is 12.5 Å². The average Bonchev–Trinajstić information content (AvgIpc) is 2.89. The van der Waals surface area contributed by atoms with Gasteiger partial charge in [-0.15, -0.1) is 10.2 Å². The number of nitrogens with zero attached hydrogens (tertiary/aromatic N) is 3. The molecule has 1 aromatic heterocycles. The van der Waals surface area contributed by atoms with Crippen molar-refractivity contribution in [2.45, 2.75) is 32.0 Å². The van der Waals surface area contributed by atoms with Crippen molar-refractivity contribution < 1.29 is 18.3 Å². The summed E-state index contributed by atoms with van der Waals surface area (Å²) in [5, 5.41) is 17.5.